The highest BCUT2D eigenvalue weighted by atomic mass is 35.5. The van der Waals surface area contributed by atoms with Gasteiger partial charge < -0.3 is 10.2 Å². The molecule has 0 radical (unpaired) electrons. The van der Waals surface area contributed by atoms with Crippen LogP contribution in [0.2, 0.25) is 5.02 Å². The van der Waals surface area contributed by atoms with Crippen LogP contribution in [-0.4, -0.2) is 19.1 Å². The fraction of sp³-hybridized carbons (Fsp3) is 0.308. The van der Waals surface area contributed by atoms with Crippen molar-refractivity contribution in [2.24, 2.45) is 0 Å². The van der Waals surface area contributed by atoms with Crippen LogP contribution in [0.15, 0.2) is 29.6 Å². The number of hydrogen-bond donors (Lipinski definition) is 1. The van der Waals surface area contributed by atoms with Gasteiger partial charge in [-0.25, -0.2) is 4.98 Å². The Balaban J connectivity index is 2.02. The number of rotatable bonds is 5. The monoisotopic (exact) mass is 281 g/mol. The maximum absolute atomic E-state index is 5.87. The maximum atomic E-state index is 5.87. The lowest BCUT2D eigenvalue weighted by Crippen LogP contribution is -2.16. The molecule has 0 atom stereocenters. The van der Waals surface area contributed by atoms with Crippen molar-refractivity contribution in [3.05, 3.63) is 45.9 Å². The molecule has 1 aromatic heterocycles. The lowest BCUT2D eigenvalue weighted by Gasteiger charge is -2.15. The number of nitrogens with zero attached hydrogens (tertiary/aromatic N) is 2. The van der Waals surface area contributed by atoms with Gasteiger partial charge in [0.2, 0.25) is 0 Å². The molecule has 96 valence electrons. The maximum Gasteiger partial charge on any atom is 0.185 e. The quantitative estimate of drug-likeness (QED) is 0.912. The zero-order chi connectivity index (χ0) is 13.0. The summed E-state index contributed by atoms with van der Waals surface area (Å²) in [4.78, 5) is 6.72. The Morgan fingerprint density at radius 1 is 1.33 bits per heavy atom. The van der Waals surface area contributed by atoms with Crippen LogP contribution in [0.25, 0.3) is 0 Å². The third kappa shape index (κ3) is 3.45. The highest BCUT2D eigenvalue weighted by Gasteiger charge is 2.07. The molecule has 0 spiro atoms. The fourth-order valence-corrected chi connectivity index (χ4v) is 2.58. The molecule has 0 saturated heterocycles. The van der Waals surface area contributed by atoms with E-state index in [-0.39, 0.29) is 0 Å². The molecule has 2 rings (SSSR count). The molecule has 0 saturated carbocycles. The Morgan fingerprint density at radius 3 is 2.72 bits per heavy atom. The van der Waals surface area contributed by atoms with Gasteiger partial charge in [-0.05, 0) is 24.7 Å². The van der Waals surface area contributed by atoms with Gasteiger partial charge in [-0.2, -0.15) is 0 Å². The van der Waals surface area contributed by atoms with E-state index in [9.17, 15) is 0 Å². The van der Waals surface area contributed by atoms with Crippen LogP contribution in [0.3, 0.4) is 0 Å². The highest BCUT2D eigenvalue weighted by molar-refractivity contribution is 7.13. The van der Waals surface area contributed by atoms with E-state index in [1.807, 2.05) is 31.3 Å². The number of benzene rings is 1. The smallest absolute Gasteiger partial charge is 0.185 e. The van der Waals surface area contributed by atoms with E-state index in [4.69, 9.17) is 11.6 Å². The third-order valence-electron chi connectivity index (χ3n) is 2.56. The van der Waals surface area contributed by atoms with Gasteiger partial charge in [0.1, 0.15) is 0 Å². The van der Waals surface area contributed by atoms with Crippen LogP contribution in [-0.2, 0) is 13.1 Å². The Hall–Kier alpha value is -1.10. The van der Waals surface area contributed by atoms with Crippen LogP contribution in [0.5, 0.6) is 0 Å². The molecule has 2 aromatic rings. The topological polar surface area (TPSA) is 28.2 Å². The lowest BCUT2D eigenvalue weighted by atomic mass is 10.2. The van der Waals surface area contributed by atoms with E-state index in [0.717, 1.165) is 28.9 Å². The first-order valence-corrected chi connectivity index (χ1v) is 6.99. The van der Waals surface area contributed by atoms with Crippen molar-refractivity contribution in [2.45, 2.75) is 13.1 Å². The van der Waals surface area contributed by atoms with Gasteiger partial charge in [0, 0.05) is 30.5 Å². The minimum atomic E-state index is 0.770. The summed E-state index contributed by atoms with van der Waals surface area (Å²) in [5.74, 6) is 0. The van der Waals surface area contributed by atoms with E-state index >= 15 is 0 Å². The van der Waals surface area contributed by atoms with Crippen molar-refractivity contribution < 1.29 is 0 Å². The second-order valence-electron chi connectivity index (χ2n) is 4.13. The van der Waals surface area contributed by atoms with Crippen molar-refractivity contribution in [1.29, 1.82) is 0 Å². The van der Waals surface area contributed by atoms with Gasteiger partial charge in [0.05, 0.1) is 5.69 Å². The molecule has 0 fully saturated rings. The molecule has 1 aromatic carbocycles. The average molecular weight is 282 g/mol. The van der Waals surface area contributed by atoms with E-state index < -0.39 is 0 Å². The van der Waals surface area contributed by atoms with Gasteiger partial charge in [-0.1, -0.05) is 23.7 Å². The van der Waals surface area contributed by atoms with E-state index in [0.29, 0.717) is 0 Å². The largest absolute Gasteiger partial charge is 0.347 e. The van der Waals surface area contributed by atoms with E-state index in [1.165, 1.54) is 5.56 Å². The van der Waals surface area contributed by atoms with Crippen LogP contribution in [0.1, 0.15) is 11.3 Å². The Labute approximate surface area is 116 Å². The molecular weight excluding hydrogens is 266 g/mol. The second kappa shape index (κ2) is 6.18. The van der Waals surface area contributed by atoms with Gasteiger partial charge in [0.25, 0.3) is 0 Å². The van der Waals surface area contributed by atoms with E-state index in [1.54, 1.807) is 11.3 Å². The molecule has 5 heteroatoms. The van der Waals surface area contributed by atoms with E-state index in [2.05, 4.69) is 27.6 Å². The molecule has 0 unspecified atom stereocenters. The summed E-state index contributed by atoms with van der Waals surface area (Å²) in [7, 11) is 3.98. The molecule has 0 aliphatic heterocycles. The van der Waals surface area contributed by atoms with Crippen molar-refractivity contribution in [2.75, 3.05) is 19.0 Å². The molecule has 0 bridgehead atoms. The predicted molar refractivity (Wildman–Crippen MR) is 78.4 cm³/mol. The summed E-state index contributed by atoms with van der Waals surface area (Å²) in [5, 5.41) is 7.00. The Bertz CT molecular complexity index is 495. The number of aromatic nitrogens is 1. The van der Waals surface area contributed by atoms with Gasteiger partial charge in [0.15, 0.2) is 5.13 Å². The molecule has 0 aliphatic carbocycles. The zero-order valence-electron chi connectivity index (χ0n) is 10.5. The first-order valence-electron chi connectivity index (χ1n) is 5.73. The zero-order valence-corrected chi connectivity index (χ0v) is 12.1. The molecule has 1 heterocycles. The summed E-state index contributed by atoms with van der Waals surface area (Å²) in [6.45, 7) is 1.65. The van der Waals surface area contributed by atoms with Crippen LogP contribution in [0.4, 0.5) is 5.13 Å². The van der Waals surface area contributed by atoms with Crippen LogP contribution < -0.4 is 10.2 Å². The van der Waals surface area contributed by atoms with Crippen molar-refractivity contribution in [3.8, 4) is 0 Å². The number of nitrogens with one attached hydrogen (secondary N) is 1. The Kier molecular flexibility index (Phi) is 4.58. The summed E-state index contributed by atoms with van der Waals surface area (Å²) < 4.78 is 0. The molecule has 1 N–H and O–H groups in total. The van der Waals surface area contributed by atoms with Gasteiger partial charge in [-0.3, -0.25) is 0 Å². The standard InChI is InChI=1S/C13H16ClN3S/c1-15-7-12-9-18-13(16-12)17(2)8-10-3-5-11(14)6-4-10/h3-6,9,15H,7-8H2,1-2H3. The predicted octanol–water partition coefficient (Wildman–Crippen LogP) is 3.15. The molecule has 3 nitrogen and oxygen atoms in total. The Morgan fingerprint density at radius 2 is 2.06 bits per heavy atom. The summed E-state index contributed by atoms with van der Waals surface area (Å²) in [6, 6.07) is 7.92. The molecular formula is C13H16ClN3S. The minimum absolute atomic E-state index is 0.770. The van der Waals surface area contributed by atoms with Crippen molar-refractivity contribution >= 4 is 28.1 Å². The SMILES string of the molecule is CNCc1csc(N(C)Cc2ccc(Cl)cc2)n1. The molecule has 18 heavy (non-hydrogen) atoms. The first-order chi connectivity index (χ1) is 8.69. The lowest BCUT2D eigenvalue weighted by molar-refractivity contribution is 0.792. The minimum Gasteiger partial charge on any atom is -0.347 e. The van der Waals surface area contributed by atoms with Crippen LogP contribution in [0, 0.1) is 0 Å². The number of thiazole rings is 1. The fourth-order valence-electron chi connectivity index (χ4n) is 1.67. The van der Waals surface area contributed by atoms with Gasteiger partial charge >= 0.3 is 0 Å². The second-order valence-corrected chi connectivity index (χ2v) is 5.41. The first kappa shape index (κ1) is 13.3. The summed E-state index contributed by atoms with van der Waals surface area (Å²) in [6.07, 6.45) is 0. The summed E-state index contributed by atoms with van der Waals surface area (Å²) in [5.41, 5.74) is 2.31. The normalized spacial score (nSPS) is 10.6. The number of halogens is 1. The molecule has 0 aliphatic rings. The van der Waals surface area contributed by atoms with Crippen molar-refractivity contribution in [1.82, 2.24) is 10.3 Å². The van der Waals surface area contributed by atoms with Crippen molar-refractivity contribution in [3.63, 3.8) is 0 Å². The van der Waals surface area contributed by atoms with Crippen LogP contribution >= 0.6 is 22.9 Å². The third-order valence-corrected chi connectivity index (χ3v) is 3.81. The average Bonchev–Trinajstić information content (AvgIpc) is 2.81. The highest BCUT2D eigenvalue weighted by Crippen LogP contribution is 2.21. The van der Waals surface area contributed by atoms with Gasteiger partial charge in [-0.15, -0.1) is 11.3 Å². The summed E-state index contributed by atoms with van der Waals surface area (Å²) >= 11 is 7.54. The number of anilines is 1. The molecule has 0 amide bonds. The number of hydrogen-bond acceptors (Lipinski definition) is 4.